The summed E-state index contributed by atoms with van der Waals surface area (Å²) in [5.41, 5.74) is -0.137. The van der Waals surface area contributed by atoms with Crippen LogP contribution in [-0.4, -0.2) is 22.2 Å². The quantitative estimate of drug-likeness (QED) is 0.763. The first-order valence-electron chi connectivity index (χ1n) is 6.68. The van der Waals surface area contributed by atoms with Gasteiger partial charge in [0, 0.05) is 11.0 Å². The van der Waals surface area contributed by atoms with E-state index in [0.29, 0.717) is 6.42 Å². The minimum absolute atomic E-state index is 0.121. The van der Waals surface area contributed by atoms with E-state index >= 15 is 0 Å². The molecule has 0 saturated heterocycles. The molecule has 2 N–H and O–H groups in total. The van der Waals surface area contributed by atoms with Crippen molar-refractivity contribution in [2.75, 3.05) is 0 Å². The number of hydrogen-bond donors (Lipinski definition) is 2. The highest BCUT2D eigenvalue weighted by atomic mass is 16.4. The Labute approximate surface area is 108 Å². The molecule has 0 fully saturated rings. The van der Waals surface area contributed by atoms with Crippen LogP contribution in [0.5, 0.6) is 0 Å². The van der Waals surface area contributed by atoms with E-state index in [2.05, 4.69) is 0 Å². The van der Waals surface area contributed by atoms with Gasteiger partial charge in [-0.2, -0.15) is 0 Å². The Morgan fingerprint density at radius 2 is 1.67 bits per heavy atom. The summed E-state index contributed by atoms with van der Waals surface area (Å²) in [5, 5.41) is 18.6. The van der Waals surface area contributed by atoms with Crippen LogP contribution >= 0.6 is 0 Å². The Morgan fingerprint density at radius 1 is 1.11 bits per heavy atom. The van der Waals surface area contributed by atoms with Crippen LogP contribution in [0.4, 0.5) is 0 Å². The Balaban J connectivity index is 3.33. The average molecular weight is 254 g/mol. The minimum Gasteiger partial charge on any atom is -0.478 e. The van der Waals surface area contributed by atoms with Crippen LogP contribution in [-0.2, 0) is 9.59 Å². The van der Waals surface area contributed by atoms with Gasteiger partial charge in [0.05, 0.1) is 5.57 Å². The highest BCUT2D eigenvalue weighted by Crippen LogP contribution is 2.47. The Morgan fingerprint density at radius 3 is 2.06 bits per heavy atom. The monoisotopic (exact) mass is 254 g/mol. The van der Waals surface area contributed by atoms with E-state index in [9.17, 15) is 19.8 Å². The lowest BCUT2D eigenvalue weighted by atomic mass is 9.65. The fraction of sp³-hybridized carbons (Fsp3) is 0.714. The lowest BCUT2D eigenvalue weighted by Gasteiger charge is -2.38. The van der Waals surface area contributed by atoms with Gasteiger partial charge in [-0.1, -0.05) is 26.7 Å². The van der Waals surface area contributed by atoms with Crippen molar-refractivity contribution in [3.63, 3.8) is 0 Å². The molecule has 4 heteroatoms. The third-order valence-electron chi connectivity index (χ3n) is 3.84. The van der Waals surface area contributed by atoms with Crippen molar-refractivity contribution in [1.82, 2.24) is 0 Å². The molecule has 18 heavy (non-hydrogen) atoms. The van der Waals surface area contributed by atoms with Crippen molar-refractivity contribution in [1.29, 1.82) is 0 Å². The number of aliphatic carboxylic acids is 2. The van der Waals surface area contributed by atoms with E-state index in [1.165, 1.54) is 0 Å². The zero-order valence-corrected chi connectivity index (χ0v) is 11.2. The molecule has 102 valence electrons. The maximum atomic E-state index is 11.5. The van der Waals surface area contributed by atoms with Crippen LogP contribution in [0.2, 0.25) is 0 Å². The van der Waals surface area contributed by atoms with Gasteiger partial charge < -0.3 is 10.2 Å². The molecule has 0 amide bonds. The van der Waals surface area contributed by atoms with Crippen molar-refractivity contribution in [2.24, 2.45) is 5.41 Å². The highest BCUT2D eigenvalue weighted by Gasteiger charge is 2.42. The molecule has 0 aromatic heterocycles. The molecular weight excluding hydrogens is 232 g/mol. The van der Waals surface area contributed by atoms with Gasteiger partial charge in [0.2, 0.25) is 0 Å². The average Bonchev–Trinajstić information content (AvgIpc) is 2.28. The Hall–Kier alpha value is -1.32. The topological polar surface area (TPSA) is 74.6 Å². The number of rotatable bonds is 6. The largest absolute Gasteiger partial charge is 0.478 e. The van der Waals surface area contributed by atoms with E-state index < -0.39 is 17.4 Å². The Bertz CT molecular complexity index is 362. The first-order chi connectivity index (χ1) is 8.48. The normalized spacial score (nSPS) is 18.8. The molecule has 0 saturated carbocycles. The lowest BCUT2D eigenvalue weighted by Crippen LogP contribution is -2.33. The Kier molecular flexibility index (Phi) is 4.93. The number of carboxylic acids is 2. The summed E-state index contributed by atoms with van der Waals surface area (Å²) >= 11 is 0. The second-order valence-electron chi connectivity index (χ2n) is 5.10. The lowest BCUT2D eigenvalue weighted by molar-refractivity contribution is -0.137. The summed E-state index contributed by atoms with van der Waals surface area (Å²) in [6.45, 7) is 4.04. The molecule has 0 aromatic carbocycles. The molecule has 1 rings (SSSR count). The van der Waals surface area contributed by atoms with Crippen molar-refractivity contribution < 1.29 is 19.8 Å². The van der Waals surface area contributed by atoms with Crippen molar-refractivity contribution in [2.45, 2.75) is 58.8 Å². The van der Waals surface area contributed by atoms with E-state index in [0.717, 1.165) is 38.5 Å². The number of carboxylic acid groups (broad SMARTS) is 2. The fourth-order valence-corrected chi connectivity index (χ4v) is 3.33. The van der Waals surface area contributed by atoms with Gasteiger partial charge in [0.15, 0.2) is 0 Å². The molecule has 1 aliphatic rings. The second kappa shape index (κ2) is 6.03. The molecule has 0 spiro atoms. The standard InChI is InChI=1S/C14H22O4/c1-3-7-14(8-4-2)9-5-6-10(12(15)16)11(14)13(17)18/h3-9H2,1-2H3,(H,15,16)(H,17,18). The molecule has 0 aromatic rings. The zero-order valence-electron chi connectivity index (χ0n) is 11.2. The summed E-state index contributed by atoms with van der Waals surface area (Å²) in [7, 11) is 0. The molecule has 4 nitrogen and oxygen atoms in total. The molecule has 0 aliphatic heterocycles. The van der Waals surface area contributed by atoms with Crippen LogP contribution < -0.4 is 0 Å². The van der Waals surface area contributed by atoms with Gasteiger partial charge in [-0.3, -0.25) is 0 Å². The maximum absolute atomic E-state index is 11.5. The molecule has 0 atom stereocenters. The SMILES string of the molecule is CCCC1(CCC)CCCC(C(=O)O)=C1C(=O)O. The van der Waals surface area contributed by atoms with Crippen molar-refractivity contribution in [3.8, 4) is 0 Å². The van der Waals surface area contributed by atoms with Crippen molar-refractivity contribution in [3.05, 3.63) is 11.1 Å². The fourth-order valence-electron chi connectivity index (χ4n) is 3.33. The smallest absolute Gasteiger partial charge is 0.332 e. The summed E-state index contributed by atoms with van der Waals surface area (Å²) in [6, 6.07) is 0. The van der Waals surface area contributed by atoms with Gasteiger partial charge in [0.1, 0.15) is 0 Å². The van der Waals surface area contributed by atoms with Gasteiger partial charge >= 0.3 is 11.9 Å². The van der Waals surface area contributed by atoms with E-state index in [1.54, 1.807) is 0 Å². The predicted molar refractivity (Wildman–Crippen MR) is 68.4 cm³/mol. The van der Waals surface area contributed by atoms with Crippen LogP contribution in [0.1, 0.15) is 58.8 Å². The molecule has 0 heterocycles. The predicted octanol–water partition coefficient (Wildman–Crippen LogP) is 3.22. The zero-order chi connectivity index (χ0) is 13.8. The van der Waals surface area contributed by atoms with Gasteiger partial charge in [0.25, 0.3) is 0 Å². The third kappa shape index (κ3) is 2.74. The van der Waals surface area contributed by atoms with Crippen LogP contribution in [0.3, 0.4) is 0 Å². The molecule has 0 bridgehead atoms. The second-order valence-corrected chi connectivity index (χ2v) is 5.10. The summed E-state index contributed by atoms with van der Waals surface area (Å²) in [4.78, 5) is 22.8. The van der Waals surface area contributed by atoms with Gasteiger partial charge in [-0.25, -0.2) is 9.59 Å². The van der Waals surface area contributed by atoms with E-state index in [1.807, 2.05) is 13.8 Å². The van der Waals surface area contributed by atoms with Crippen LogP contribution in [0.25, 0.3) is 0 Å². The summed E-state index contributed by atoms with van der Waals surface area (Å²) < 4.78 is 0. The molecule has 0 radical (unpaired) electrons. The first kappa shape index (κ1) is 14.7. The molecule has 0 unspecified atom stereocenters. The third-order valence-corrected chi connectivity index (χ3v) is 3.84. The van der Waals surface area contributed by atoms with E-state index in [4.69, 9.17) is 0 Å². The molecular formula is C14H22O4. The highest BCUT2D eigenvalue weighted by molar-refractivity contribution is 6.00. The molecule has 1 aliphatic carbocycles. The first-order valence-corrected chi connectivity index (χ1v) is 6.68. The number of carbonyl (C=O) groups is 2. The van der Waals surface area contributed by atoms with Crippen LogP contribution in [0, 0.1) is 5.41 Å². The van der Waals surface area contributed by atoms with Gasteiger partial charge in [-0.15, -0.1) is 0 Å². The van der Waals surface area contributed by atoms with Crippen LogP contribution in [0.15, 0.2) is 11.1 Å². The minimum atomic E-state index is -1.07. The summed E-state index contributed by atoms with van der Waals surface area (Å²) in [6.07, 6.45) is 5.24. The maximum Gasteiger partial charge on any atom is 0.332 e. The van der Waals surface area contributed by atoms with Crippen molar-refractivity contribution >= 4 is 11.9 Å². The summed E-state index contributed by atoms with van der Waals surface area (Å²) in [5.74, 6) is -2.11. The number of hydrogen-bond acceptors (Lipinski definition) is 2. The van der Waals surface area contributed by atoms with Gasteiger partial charge in [-0.05, 0) is 32.1 Å². The van der Waals surface area contributed by atoms with E-state index in [-0.39, 0.29) is 11.1 Å².